The van der Waals surface area contributed by atoms with E-state index >= 15 is 0 Å². The third-order valence-corrected chi connectivity index (χ3v) is 3.79. The molecule has 1 saturated heterocycles. The van der Waals surface area contributed by atoms with Crippen LogP contribution in [-0.4, -0.2) is 48.2 Å². The van der Waals surface area contributed by atoms with Crippen LogP contribution in [0.5, 0.6) is 0 Å². The fourth-order valence-electron chi connectivity index (χ4n) is 2.46. The van der Waals surface area contributed by atoms with Crippen LogP contribution in [0.3, 0.4) is 0 Å². The van der Waals surface area contributed by atoms with Gasteiger partial charge in [-0.05, 0) is 6.42 Å². The van der Waals surface area contributed by atoms with Gasteiger partial charge in [-0.2, -0.15) is 0 Å². The number of hydrogen-bond donors (Lipinski definition) is 2. The van der Waals surface area contributed by atoms with Crippen LogP contribution in [0, 0.1) is 0 Å². The molecule has 0 radical (unpaired) electrons. The van der Waals surface area contributed by atoms with Crippen LogP contribution in [0.1, 0.15) is 51.9 Å². The van der Waals surface area contributed by atoms with Gasteiger partial charge in [0.05, 0.1) is 12.1 Å². The normalized spacial score (nSPS) is 23.3. The van der Waals surface area contributed by atoms with Crippen LogP contribution in [0.4, 0.5) is 0 Å². The number of carbonyl (C=O) groups excluding carboxylic acids is 1. The van der Waals surface area contributed by atoms with E-state index in [1.165, 1.54) is 25.7 Å². The maximum atomic E-state index is 12.0. The topological polar surface area (TPSA) is 52.6 Å². The Labute approximate surface area is 111 Å². The van der Waals surface area contributed by atoms with Crippen molar-refractivity contribution in [3.05, 3.63) is 0 Å². The summed E-state index contributed by atoms with van der Waals surface area (Å²) in [5, 5.41) is 12.8. The second-order valence-electron chi connectivity index (χ2n) is 5.32. The quantitative estimate of drug-likeness (QED) is 0.648. The Morgan fingerprint density at radius 2 is 1.89 bits per heavy atom. The summed E-state index contributed by atoms with van der Waals surface area (Å²) in [5.74, 6) is 0.165. The first-order chi connectivity index (χ1) is 8.66. The lowest BCUT2D eigenvalue weighted by Gasteiger charge is -2.26. The van der Waals surface area contributed by atoms with Crippen molar-refractivity contribution >= 4 is 5.91 Å². The molecule has 106 valence electrons. The van der Waals surface area contributed by atoms with Crippen LogP contribution < -0.4 is 5.32 Å². The molecule has 4 heteroatoms. The molecule has 1 aliphatic heterocycles. The summed E-state index contributed by atoms with van der Waals surface area (Å²) in [6.45, 7) is 3.51. The van der Waals surface area contributed by atoms with Gasteiger partial charge in [-0.25, -0.2) is 0 Å². The van der Waals surface area contributed by atoms with Crippen molar-refractivity contribution < 1.29 is 9.90 Å². The minimum Gasteiger partial charge on any atom is -0.390 e. The largest absolute Gasteiger partial charge is 0.390 e. The number of aliphatic hydroxyl groups excluding tert-OH is 1. The van der Waals surface area contributed by atoms with Crippen LogP contribution >= 0.6 is 0 Å². The Morgan fingerprint density at radius 3 is 2.50 bits per heavy atom. The summed E-state index contributed by atoms with van der Waals surface area (Å²) in [6, 6.07) is -0.0439. The summed E-state index contributed by atoms with van der Waals surface area (Å²) >= 11 is 0. The molecule has 1 fully saturated rings. The van der Waals surface area contributed by atoms with Gasteiger partial charge in [0.1, 0.15) is 0 Å². The van der Waals surface area contributed by atoms with Crippen molar-refractivity contribution in [1.29, 1.82) is 0 Å². The fraction of sp³-hybridized carbons (Fsp3) is 0.929. The second-order valence-corrected chi connectivity index (χ2v) is 5.32. The molecule has 0 aromatic heterocycles. The highest BCUT2D eigenvalue weighted by atomic mass is 16.3. The molecule has 0 saturated carbocycles. The molecule has 0 aromatic carbocycles. The maximum absolute atomic E-state index is 12.0. The monoisotopic (exact) mass is 256 g/mol. The SMILES string of the molecule is CCCCCCCCC(=O)N(C)[C@@H]1CNC[C@H]1O. The van der Waals surface area contributed by atoms with Crippen molar-refractivity contribution in [2.45, 2.75) is 64.0 Å². The van der Waals surface area contributed by atoms with Crippen LogP contribution in [0.15, 0.2) is 0 Å². The minimum atomic E-state index is -0.413. The molecule has 1 rings (SSSR count). The second kappa shape index (κ2) is 8.48. The molecule has 0 bridgehead atoms. The lowest BCUT2D eigenvalue weighted by atomic mass is 10.1. The number of nitrogens with one attached hydrogen (secondary N) is 1. The van der Waals surface area contributed by atoms with Gasteiger partial charge in [-0.3, -0.25) is 4.79 Å². The average Bonchev–Trinajstić information content (AvgIpc) is 2.78. The van der Waals surface area contributed by atoms with E-state index in [4.69, 9.17) is 0 Å². The van der Waals surface area contributed by atoms with E-state index < -0.39 is 6.10 Å². The smallest absolute Gasteiger partial charge is 0.222 e. The number of rotatable bonds is 8. The number of β-amino-alcohol motifs (C(OH)–C–C–N with tert-alkyl or cyclic N) is 1. The highest BCUT2D eigenvalue weighted by Gasteiger charge is 2.30. The summed E-state index contributed by atoms with van der Waals surface area (Å²) < 4.78 is 0. The number of hydrogen-bond acceptors (Lipinski definition) is 3. The third kappa shape index (κ3) is 4.94. The zero-order chi connectivity index (χ0) is 13.4. The van der Waals surface area contributed by atoms with Crippen molar-refractivity contribution in [2.24, 2.45) is 0 Å². The standard InChI is InChI=1S/C14H28N2O2/c1-3-4-5-6-7-8-9-14(18)16(2)12-10-15-11-13(12)17/h12-13,15,17H,3-11H2,1-2H3/t12-,13-/m1/s1. The van der Waals surface area contributed by atoms with Crippen molar-refractivity contribution in [1.82, 2.24) is 10.2 Å². The number of likely N-dealkylation sites (N-methyl/N-ethyl adjacent to an activating group) is 1. The van der Waals surface area contributed by atoms with Gasteiger partial charge in [-0.15, -0.1) is 0 Å². The minimum absolute atomic E-state index is 0.0439. The predicted molar refractivity (Wildman–Crippen MR) is 73.4 cm³/mol. The molecule has 0 unspecified atom stereocenters. The van der Waals surface area contributed by atoms with Crippen molar-refractivity contribution in [2.75, 3.05) is 20.1 Å². The van der Waals surface area contributed by atoms with E-state index in [9.17, 15) is 9.90 Å². The van der Waals surface area contributed by atoms with Gasteiger partial charge in [-0.1, -0.05) is 39.0 Å². The van der Waals surface area contributed by atoms with E-state index in [1.807, 2.05) is 0 Å². The molecule has 1 aliphatic rings. The van der Waals surface area contributed by atoms with Gasteiger partial charge in [0.2, 0.25) is 5.91 Å². The molecular weight excluding hydrogens is 228 g/mol. The number of aliphatic hydroxyl groups is 1. The Kier molecular flexibility index (Phi) is 7.28. The van der Waals surface area contributed by atoms with Crippen molar-refractivity contribution in [3.8, 4) is 0 Å². The van der Waals surface area contributed by atoms with Crippen LogP contribution in [0.2, 0.25) is 0 Å². The van der Waals surface area contributed by atoms with Gasteiger partial charge < -0.3 is 15.3 Å². The molecular formula is C14H28N2O2. The molecule has 18 heavy (non-hydrogen) atoms. The van der Waals surface area contributed by atoms with E-state index in [1.54, 1.807) is 11.9 Å². The average molecular weight is 256 g/mol. The first-order valence-electron chi connectivity index (χ1n) is 7.31. The number of unbranched alkanes of at least 4 members (excludes halogenated alkanes) is 5. The number of amides is 1. The molecule has 1 heterocycles. The van der Waals surface area contributed by atoms with Gasteiger partial charge in [0.15, 0.2) is 0 Å². The molecule has 2 atom stereocenters. The van der Waals surface area contributed by atoms with Gasteiger partial charge in [0.25, 0.3) is 0 Å². The fourth-order valence-corrected chi connectivity index (χ4v) is 2.46. The molecule has 0 spiro atoms. The lowest BCUT2D eigenvalue weighted by molar-refractivity contribution is -0.133. The highest BCUT2D eigenvalue weighted by Crippen LogP contribution is 2.12. The Bertz CT molecular complexity index is 246. The zero-order valence-electron chi connectivity index (χ0n) is 11.8. The van der Waals surface area contributed by atoms with Crippen molar-refractivity contribution in [3.63, 3.8) is 0 Å². The Balaban J connectivity index is 2.12. The van der Waals surface area contributed by atoms with E-state index in [0.29, 0.717) is 19.5 Å². The Hall–Kier alpha value is -0.610. The van der Waals surface area contributed by atoms with Crippen LogP contribution in [0.25, 0.3) is 0 Å². The molecule has 0 aliphatic carbocycles. The molecule has 4 nitrogen and oxygen atoms in total. The first-order valence-corrected chi connectivity index (χ1v) is 7.31. The zero-order valence-corrected chi connectivity index (χ0v) is 11.8. The predicted octanol–water partition coefficient (Wildman–Crippen LogP) is 1.53. The summed E-state index contributed by atoms with van der Waals surface area (Å²) in [6.07, 6.45) is 7.40. The summed E-state index contributed by atoms with van der Waals surface area (Å²) in [4.78, 5) is 13.7. The maximum Gasteiger partial charge on any atom is 0.222 e. The molecule has 2 N–H and O–H groups in total. The Morgan fingerprint density at radius 1 is 1.22 bits per heavy atom. The van der Waals surface area contributed by atoms with Gasteiger partial charge >= 0.3 is 0 Å². The van der Waals surface area contributed by atoms with Gasteiger partial charge in [0, 0.05) is 26.6 Å². The highest BCUT2D eigenvalue weighted by molar-refractivity contribution is 5.76. The first kappa shape index (κ1) is 15.4. The van der Waals surface area contributed by atoms with E-state index in [0.717, 1.165) is 12.8 Å². The molecule has 1 amide bonds. The molecule has 0 aromatic rings. The number of carbonyl (C=O) groups is 1. The van der Waals surface area contributed by atoms with E-state index in [2.05, 4.69) is 12.2 Å². The third-order valence-electron chi connectivity index (χ3n) is 3.79. The van der Waals surface area contributed by atoms with Crippen LogP contribution in [-0.2, 0) is 4.79 Å². The van der Waals surface area contributed by atoms with E-state index in [-0.39, 0.29) is 11.9 Å². The summed E-state index contributed by atoms with van der Waals surface area (Å²) in [5.41, 5.74) is 0. The lowest BCUT2D eigenvalue weighted by Crippen LogP contribution is -2.44. The number of nitrogens with zero attached hydrogens (tertiary/aromatic N) is 1. The summed E-state index contributed by atoms with van der Waals surface area (Å²) in [7, 11) is 1.81.